The minimum absolute atomic E-state index is 0.0539. The summed E-state index contributed by atoms with van der Waals surface area (Å²) in [6.45, 7) is 2.24. The fraction of sp³-hybridized carbons (Fsp3) is 0.421. The van der Waals surface area contributed by atoms with Crippen LogP contribution in [0.15, 0.2) is 23.4 Å². The molecule has 1 aliphatic heterocycles. The van der Waals surface area contributed by atoms with Crippen molar-refractivity contribution in [2.75, 3.05) is 12.5 Å². The number of hydrogen-bond acceptors (Lipinski definition) is 6. The number of rotatable bonds is 4. The zero-order valence-electron chi connectivity index (χ0n) is 15.0. The molecular weight excluding hydrogens is 364 g/mol. The van der Waals surface area contributed by atoms with Gasteiger partial charge >= 0.3 is 0 Å². The summed E-state index contributed by atoms with van der Waals surface area (Å²) in [4.78, 5) is 12.3. The lowest BCUT2D eigenvalue weighted by atomic mass is 10.1. The van der Waals surface area contributed by atoms with Crippen LogP contribution in [0.4, 0.5) is 0 Å². The number of carbonyl (C=O) groups excluding carboxylic acids is 1. The second-order valence-corrected chi connectivity index (χ2v) is 8.01. The van der Waals surface area contributed by atoms with Gasteiger partial charge in [-0.15, -0.1) is 10.2 Å². The van der Waals surface area contributed by atoms with E-state index in [4.69, 9.17) is 9.47 Å². The summed E-state index contributed by atoms with van der Waals surface area (Å²) >= 11 is 1.41. The third-order valence-corrected chi connectivity index (χ3v) is 6.10. The average Bonchev–Trinajstić information content (AvgIpc) is 3.39. The fourth-order valence-corrected chi connectivity index (χ4v) is 4.62. The summed E-state index contributed by atoms with van der Waals surface area (Å²) in [5.74, 6) is 1.85. The molecule has 1 saturated carbocycles. The van der Waals surface area contributed by atoms with Gasteiger partial charge in [0.05, 0.1) is 11.3 Å². The number of ether oxygens (including phenoxy) is 2. The number of thioether (sulfide) groups is 1. The van der Waals surface area contributed by atoms with Crippen LogP contribution in [-0.2, 0) is 4.79 Å². The molecule has 2 aromatic heterocycles. The summed E-state index contributed by atoms with van der Waals surface area (Å²) in [6.07, 6.45) is 4.57. The van der Waals surface area contributed by atoms with Crippen molar-refractivity contribution in [3.8, 4) is 11.5 Å². The molecule has 27 heavy (non-hydrogen) atoms. The first-order valence-electron chi connectivity index (χ1n) is 9.19. The maximum atomic E-state index is 12.3. The van der Waals surface area contributed by atoms with Crippen LogP contribution in [0.25, 0.3) is 16.6 Å². The number of aromatic nitrogens is 3. The Morgan fingerprint density at radius 3 is 2.81 bits per heavy atom. The first kappa shape index (κ1) is 16.7. The van der Waals surface area contributed by atoms with Crippen LogP contribution >= 0.6 is 11.8 Å². The molecule has 140 valence electrons. The van der Waals surface area contributed by atoms with Crippen LogP contribution in [0.2, 0.25) is 0 Å². The lowest BCUT2D eigenvalue weighted by molar-refractivity contribution is -0.119. The molecule has 7 nitrogen and oxygen atoms in total. The van der Waals surface area contributed by atoms with E-state index in [0.717, 1.165) is 46.5 Å². The Bertz CT molecular complexity index is 1040. The van der Waals surface area contributed by atoms with Gasteiger partial charge in [-0.05, 0) is 37.5 Å². The van der Waals surface area contributed by atoms with Crippen molar-refractivity contribution in [2.45, 2.75) is 43.8 Å². The van der Waals surface area contributed by atoms with Crippen molar-refractivity contribution in [1.82, 2.24) is 19.9 Å². The highest BCUT2D eigenvalue weighted by atomic mass is 32.2. The molecule has 1 N–H and O–H groups in total. The van der Waals surface area contributed by atoms with Crippen LogP contribution in [0, 0.1) is 6.92 Å². The van der Waals surface area contributed by atoms with Crippen LogP contribution in [0.5, 0.6) is 11.5 Å². The standard InChI is InChI=1S/C19H20N4O3S/c1-11-6-12-7-15-16(26-10-25-15)8-14(12)23-18(11)21-22-19(23)27-9-17(24)20-13-4-2-3-5-13/h6-8,13H,2-5,9-10H2,1H3,(H,20,24). The van der Waals surface area contributed by atoms with Gasteiger partial charge in [0.25, 0.3) is 0 Å². The molecule has 0 atom stereocenters. The zero-order chi connectivity index (χ0) is 18.4. The molecule has 3 heterocycles. The molecule has 3 aromatic rings. The summed E-state index contributed by atoms with van der Waals surface area (Å²) in [5.41, 5.74) is 2.76. The van der Waals surface area contributed by atoms with Crippen molar-refractivity contribution in [3.63, 3.8) is 0 Å². The van der Waals surface area contributed by atoms with E-state index < -0.39 is 0 Å². The number of nitrogens with one attached hydrogen (secondary N) is 1. The van der Waals surface area contributed by atoms with Crippen LogP contribution in [-0.4, -0.2) is 39.1 Å². The molecule has 0 spiro atoms. The molecule has 0 unspecified atom stereocenters. The normalized spacial score (nSPS) is 16.5. The van der Waals surface area contributed by atoms with Gasteiger partial charge in [-0.3, -0.25) is 9.20 Å². The summed E-state index contributed by atoms with van der Waals surface area (Å²) < 4.78 is 13.0. The number of amides is 1. The topological polar surface area (TPSA) is 77.8 Å². The van der Waals surface area contributed by atoms with Gasteiger partial charge in [-0.1, -0.05) is 24.6 Å². The van der Waals surface area contributed by atoms with Crippen molar-refractivity contribution in [1.29, 1.82) is 0 Å². The number of aryl methyl sites for hydroxylation is 1. The third-order valence-electron chi connectivity index (χ3n) is 5.17. The smallest absolute Gasteiger partial charge is 0.231 e. The Kier molecular flexibility index (Phi) is 4.07. The monoisotopic (exact) mass is 384 g/mol. The number of benzene rings is 1. The molecular formula is C19H20N4O3S. The molecule has 1 aliphatic carbocycles. The van der Waals surface area contributed by atoms with Crippen molar-refractivity contribution in [3.05, 3.63) is 23.8 Å². The molecule has 0 bridgehead atoms. The van der Waals surface area contributed by atoms with Gasteiger partial charge in [-0.25, -0.2) is 0 Å². The molecule has 1 fully saturated rings. The second kappa shape index (κ2) is 6.60. The van der Waals surface area contributed by atoms with E-state index >= 15 is 0 Å². The van der Waals surface area contributed by atoms with E-state index in [9.17, 15) is 4.79 Å². The summed E-state index contributed by atoms with van der Waals surface area (Å²) in [6, 6.07) is 6.33. The number of fused-ring (bicyclic) bond motifs is 4. The van der Waals surface area contributed by atoms with Gasteiger partial charge in [-0.2, -0.15) is 0 Å². The Labute approximate surface area is 160 Å². The fourth-order valence-electron chi connectivity index (χ4n) is 3.86. The highest BCUT2D eigenvalue weighted by Gasteiger charge is 2.20. The minimum atomic E-state index is 0.0539. The lowest BCUT2D eigenvalue weighted by Gasteiger charge is -2.11. The molecule has 2 aliphatic rings. The molecule has 8 heteroatoms. The minimum Gasteiger partial charge on any atom is -0.454 e. The SMILES string of the molecule is Cc1cc2cc3c(cc2n2c(SCC(=O)NC4CCCC4)nnc12)OCO3. The van der Waals surface area contributed by atoms with Crippen LogP contribution < -0.4 is 14.8 Å². The van der Waals surface area contributed by atoms with E-state index in [0.29, 0.717) is 17.0 Å². The highest BCUT2D eigenvalue weighted by molar-refractivity contribution is 7.99. The van der Waals surface area contributed by atoms with E-state index in [-0.39, 0.29) is 12.7 Å². The Morgan fingerprint density at radius 2 is 2.00 bits per heavy atom. The summed E-state index contributed by atoms with van der Waals surface area (Å²) in [5, 5.41) is 13.5. The first-order chi connectivity index (χ1) is 13.2. The van der Waals surface area contributed by atoms with Crippen LogP contribution in [0.3, 0.4) is 0 Å². The molecule has 0 radical (unpaired) electrons. The Hall–Kier alpha value is -2.48. The maximum Gasteiger partial charge on any atom is 0.231 e. The summed E-state index contributed by atoms with van der Waals surface area (Å²) in [7, 11) is 0. The average molecular weight is 384 g/mol. The van der Waals surface area contributed by atoms with E-state index in [1.807, 2.05) is 23.5 Å². The first-order valence-corrected chi connectivity index (χ1v) is 10.2. The van der Waals surface area contributed by atoms with E-state index in [2.05, 4.69) is 21.6 Å². The number of hydrogen-bond donors (Lipinski definition) is 1. The van der Waals surface area contributed by atoms with Gasteiger partial charge in [0, 0.05) is 17.5 Å². The maximum absolute atomic E-state index is 12.3. The largest absolute Gasteiger partial charge is 0.454 e. The highest BCUT2D eigenvalue weighted by Crippen LogP contribution is 2.37. The molecule has 1 aromatic carbocycles. The predicted molar refractivity (Wildman–Crippen MR) is 102 cm³/mol. The van der Waals surface area contributed by atoms with Gasteiger partial charge in [0.15, 0.2) is 22.3 Å². The van der Waals surface area contributed by atoms with Crippen molar-refractivity contribution < 1.29 is 14.3 Å². The van der Waals surface area contributed by atoms with Crippen LogP contribution in [0.1, 0.15) is 31.2 Å². The number of nitrogens with zero attached hydrogens (tertiary/aromatic N) is 3. The van der Waals surface area contributed by atoms with Gasteiger partial charge in [0.2, 0.25) is 12.7 Å². The quantitative estimate of drug-likeness (QED) is 0.697. The molecule has 0 saturated heterocycles. The second-order valence-electron chi connectivity index (χ2n) is 7.07. The van der Waals surface area contributed by atoms with E-state index in [1.54, 1.807) is 0 Å². The molecule has 5 rings (SSSR count). The van der Waals surface area contributed by atoms with E-state index in [1.165, 1.54) is 24.6 Å². The zero-order valence-corrected chi connectivity index (χ0v) is 15.8. The Balaban J connectivity index is 1.47. The predicted octanol–water partition coefficient (Wildman–Crippen LogP) is 3.07. The Morgan fingerprint density at radius 1 is 1.22 bits per heavy atom. The van der Waals surface area contributed by atoms with Gasteiger partial charge < -0.3 is 14.8 Å². The number of pyridine rings is 1. The van der Waals surface area contributed by atoms with Crippen molar-refractivity contribution in [2.24, 2.45) is 0 Å². The number of carbonyl (C=O) groups is 1. The molecule has 1 amide bonds. The lowest BCUT2D eigenvalue weighted by Crippen LogP contribution is -2.33. The van der Waals surface area contributed by atoms with Crippen molar-refractivity contribution >= 4 is 34.2 Å². The van der Waals surface area contributed by atoms with Gasteiger partial charge in [0.1, 0.15) is 0 Å². The third kappa shape index (κ3) is 2.97.